The molecule has 0 aliphatic heterocycles. The van der Waals surface area contributed by atoms with Gasteiger partial charge in [-0.25, -0.2) is 0 Å². The van der Waals surface area contributed by atoms with E-state index in [1.807, 2.05) is 12.1 Å². The van der Waals surface area contributed by atoms with E-state index in [1.54, 1.807) is 0 Å². The molecule has 0 aromatic heterocycles. The third-order valence-corrected chi connectivity index (χ3v) is 4.13. The summed E-state index contributed by atoms with van der Waals surface area (Å²) in [6.45, 7) is 2.22. The lowest BCUT2D eigenvalue weighted by Gasteiger charge is -2.11. The van der Waals surface area contributed by atoms with Crippen molar-refractivity contribution >= 4 is 24.0 Å². The minimum atomic E-state index is 0. The number of aryl methyl sites for hydroxylation is 1. The van der Waals surface area contributed by atoms with Crippen LogP contribution in [0.4, 0.5) is 5.69 Å². The fourth-order valence-corrected chi connectivity index (χ4v) is 2.83. The summed E-state index contributed by atoms with van der Waals surface area (Å²) in [5.41, 5.74) is 8.10. The molecule has 1 saturated carbocycles. The van der Waals surface area contributed by atoms with Gasteiger partial charge in [0, 0.05) is 17.6 Å². The number of unbranched alkanes of at least 4 members (excludes halogenated alkanes) is 2. The zero-order chi connectivity index (χ0) is 14.4. The molecule has 1 aromatic rings. The van der Waals surface area contributed by atoms with E-state index in [4.69, 9.17) is 5.73 Å². The van der Waals surface area contributed by atoms with Crippen molar-refractivity contribution in [3.8, 4) is 0 Å². The number of carbonyl (C=O) groups is 1. The lowest BCUT2D eigenvalue weighted by Crippen LogP contribution is -2.23. The summed E-state index contributed by atoms with van der Waals surface area (Å²) in [4.78, 5) is 12.1. The Balaban J connectivity index is 0.00000220. The summed E-state index contributed by atoms with van der Waals surface area (Å²) >= 11 is 0. The molecule has 4 heteroatoms. The minimum Gasteiger partial charge on any atom is -0.328 e. The Morgan fingerprint density at radius 1 is 1.24 bits per heavy atom. The van der Waals surface area contributed by atoms with Gasteiger partial charge in [-0.3, -0.25) is 4.79 Å². The maximum Gasteiger partial charge on any atom is 0.227 e. The average molecular weight is 311 g/mol. The zero-order valence-corrected chi connectivity index (χ0v) is 13.6. The van der Waals surface area contributed by atoms with Crippen molar-refractivity contribution in [2.75, 3.05) is 5.32 Å². The molecule has 2 rings (SSSR count). The summed E-state index contributed by atoms with van der Waals surface area (Å²) in [5, 5.41) is 3.00. The number of benzene rings is 1. The minimum absolute atomic E-state index is 0. The Morgan fingerprint density at radius 3 is 2.52 bits per heavy atom. The van der Waals surface area contributed by atoms with E-state index < -0.39 is 0 Å². The van der Waals surface area contributed by atoms with Crippen molar-refractivity contribution in [2.24, 2.45) is 11.7 Å². The molecule has 118 valence electrons. The second-order valence-electron chi connectivity index (χ2n) is 5.91. The molecule has 1 aromatic carbocycles. The second kappa shape index (κ2) is 9.06. The van der Waals surface area contributed by atoms with Crippen LogP contribution in [0.1, 0.15) is 51.0 Å². The monoisotopic (exact) mass is 310 g/mol. The summed E-state index contributed by atoms with van der Waals surface area (Å²) < 4.78 is 0. The van der Waals surface area contributed by atoms with E-state index in [0.717, 1.165) is 31.4 Å². The van der Waals surface area contributed by atoms with Gasteiger partial charge in [0.2, 0.25) is 5.91 Å². The van der Waals surface area contributed by atoms with Crippen molar-refractivity contribution in [3.05, 3.63) is 29.8 Å². The summed E-state index contributed by atoms with van der Waals surface area (Å²) in [6, 6.07) is 8.45. The van der Waals surface area contributed by atoms with Gasteiger partial charge in [0.25, 0.3) is 0 Å². The van der Waals surface area contributed by atoms with Crippen molar-refractivity contribution in [2.45, 2.75) is 57.9 Å². The third-order valence-electron chi connectivity index (χ3n) is 4.13. The molecule has 0 heterocycles. The zero-order valence-electron chi connectivity index (χ0n) is 12.8. The normalized spacial score (nSPS) is 20.9. The highest BCUT2D eigenvalue weighted by molar-refractivity contribution is 5.92. The number of halogens is 1. The Bertz CT molecular complexity index is 433. The van der Waals surface area contributed by atoms with Gasteiger partial charge in [-0.1, -0.05) is 31.9 Å². The van der Waals surface area contributed by atoms with Crippen LogP contribution in [-0.2, 0) is 11.2 Å². The van der Waals surface area contributed by atoms with Crippen LogP contribution in [0.25, 0.3) is 0 Å². The molecule has 3 N–H and O–H groups in total. The van der Waals surface area contributed by atoms with Crippen LogP contribution in [0.5, 0.6) is 0 Å². The Hall–Kier alpha value is -1.06. The van der Waals surface area contributed by atoms with Crippen LogP contribution in [0.15, 0.2) is 24.3 Å². The van der Waals surface area contributed by atoms with Crippen molar-refractivity contribution in [3.63, 3.8) is 0 Å². The van der Waals surface area contributed by atoms with Crippen molar-refractivity contribution < 1.29 is 4.79 Å². The van der Waals surface area contributed by atoms with Crippen LogP contribution in [0.2, 0.25) is 0 Å². The first kappa shape index (κ1) is 18.0. The fraction of sp³-hybridized carbons (Fsp3) is 0.588. The number of hydrogen-bond donors (Lipinski definition) is 2. The third kappa shape index (κ3) is 5.68. The van der Waals surface area contributed by atoms with Gasteiger partial charge in [-0.05, 0) is 49.8 Å². The first-order chi connectivity index (χ1) is 9.69. The maximum atomic E-state index is 12.1. The SMILES string of the molecule is CCCCCc1ccc(NC(=O)C2CCC(N)C2)cc1.Cl. The van der Waals surface area contributed by atoms with E-state index >= 15 is 0 Å². The lowest BCUT2D eigenvalue weighted by molar-refractivity contribution is -0.119. The first-order valence-electron chi connectivity index (χ1n) is 7.84. The van der Waals surface area contributed by atoms with Gasteiger partial charge in [0.05, 0.1) is 0 Å². The number of carbonyl (C=O) groups excluding carboxylic acids is 1. The van der Waals surface area contributed by atoms with Gasteiger partial charge < -0.3 is 11.1 Å². The summed E-state index contributed by atoms with van der Waals surface area (Å²) in [5.74, 6) is 0.214. The Labute approximate surface area is 134 Å². The maximum absolute atomic E-state index is 12.1. The van der Waals surface area contributed by atoms with Crippen LogP contribution >= 0.6 is 12.4 Å². The van der Waals surface area contributed by atoms with Gasteiger partial charge in [0.1, 0.15) is 0 Å². The van der Waals surface area contributed by atoms with Crippen LogP contribution in [0.3, 0.4) is 0 Å². The second-order valence-corrected chi connectivity index (χ2v) is 5.91. The molecule has 0 saturated heterocycles. The molecule has 3 nitrogen and oxygen atoms in total. The lowest BCUT2D eigenvalue weighted by atomic mass is 10.1. The molecule has 1 aliphatic carbocycles. The molecule has 0 bridgehead atoms. The van der Waals surface area contributed by atoms with Gasteiger partial charge in [0.15, 0.2) is 0 Å². The predicted octanol–water partition coefficient (Wildman–Crippen LogP) is 3.91. The molecule has 1 fully saturated rings. The van der Waals surface area contributed by atoms with Gasteiger partial charge >= 0.3 is 0 Å². The van der Waals surface area contributed by atoms with Crippen LogP contribution < -0.4 is 11.1 Å². The van der Waals surface area contributed by atoms with Gasteiger partial charge in [-0.2, -0.15) is 0 Å². The van der Waals surface area contributed by atoms with Crippen molar-refractivity contribution in [1.82, 2.24) is 0 Å². The number of nitrogens with two attached hydrogens (primary N) is 1. The standard InChI is InChI=1S/C17H26N2O.ClH/c1-2-3-4-5-13-6-10-16(11-7-13)19-17(20)14-8-9-15(18)12-14;/h6-7,10-11,14-15H,2-5,8-9,12,18H2,1H3,(H,19,20);1H. The molecule has 2 atom stereocenters. The van der Waals surface area contributed by atoms with Crippen LogP contribution in [0, 0.1) is 5.92 Å². The van der Waals surface area contributed by atoms with E-state index in [-0.39, 0.29) is 30.3 Å². The highest BCUT2D eigenvalue weighted by Crippen LogP contribution is 2.25. The highest BCUT2D eigenvalue weighted by atomic mass is 35.5. The molecule has 0 radical (unpaired) electrons. The predicted molar refractivity (Wildman–Crippen MR) is 90.9 cm³/mol. The molecule has 1 amide bonds. The fourth-order valence-electron chi connectivity index (χ4n) is 2.83. The quantitative estimate of drug-likeness (QED) is 0.783. The smallest absolute Gasteiger partial charge is 0.227 e. The first-order valence-corrected chi connectivity index (χ1v) is 7.84. The molecular formula is C17H27ClN2O. The number of anilines is 1. The summed E-state index contributed by atoms with van der Waals surface area (Å²) in [6.07, 6.45) is 7.59. The average Bonchev–Trinajstić information content (AvgIpc) is 2.88. The number of nitrogens with one attached hydrogen (secondary N) is 1. The largest absolute Gasteiger partial charge is 0.328 e. The highest BCUT2D eigenvalue weighted by Gasteiger charge is 2.27. The topological polar surface area (TPSA) is 55.1 Å². The van der Waals surface area contributed by atoms with E-state index in [0.29, 0.717) is 0 Å². The van der Waals surface area contributed by atoms with E-state index in [1.165, 1.54) is 24.8 Å². The molecule has 0 spiro atoms. The van der Waals surface area contributed by atoms with E-state index in [2.05, 4.69) is 24.4 Å². The Kier molecular flexibility index (Phi) is 7.76. The molecule has 21 heavy (non-hydrogen) atoms. The number of hydrogen-bond acceptors (Lipinski definition) is 2. The number of rotatable bonds is 6. The molecular weight excluding hydrogens is 284 g/mol. The molecule has 2 unspecified atom stereocenters. The summed E-state index contributed by atoms with van der Waals surface area (Å²) in [7, 11) is 0. The van der Waals surface area contributed by atoms with Crippen LogP contribution in [-0.4, -0.2) is 11.9 Å². The number of amides is 1. The van der Waals surface area contributed by atoms with Crippen molar-refractivity contribution in [1.29, 1.82) is 0 Å². The molecule has 1 aliphatic rings. The van der Waals surface area contributed by atoms with Gasteiger partial charge in [-0.15, -0.1) is 12.4 Å². The Morgan fingerprint density at radius 2 is 1.95 bits per heavy atom. The van der Waals surface area contributed by atoms with E-state index in [9.17, 15) is 4.79 Å².